The topological polar surface area (TPSA) is 127 Å². The lowest BCUT2D eigenvalue weighted by Crippen LogP contribution is -2.63. The second-order valence-corrected chi connectivity index (χ2v) is 17.1. The van der Waals surface area contributed by atoms with Gasteiger partial charge in [-0.15, -0.1) is 0 Å². The van der Waals surface area contributed by atoms with E-state index in [9.17, 15) is 14.4 Å². The van der Waals surface area contributed by atoms with Crippen LogP contribution < -0.4 is 20.1 Å². The average molecular weight is 801 g/mol. The second kappa shape index (κ2) is 19.8. The van der Waals surface area contributed by atoms with E-state index in [-0.39, 0.29) is 23.4 Å². The first-order valence-electron chi connectivity index (χ1n) is 20.7. The standard InChI is InChI=1S/C46H68N6O6/c1-14-33-26-31(4)46(32(5)27-33,44(55)58-45(6,7)8)48-42(53)36-29-38(41-39(56-12)18-15-19-40(41)57-13)52(49-36)37-21-20-34(28-35(37)30(2)3)43(54)51(11)25-17-24-50(10)23-16-22-47-9/h15,18-21,28-30,32-33,47H,4,14,16-17,22-27H2,1-3,5-13H3,(H,48,53). The summed E-state index contributed by atoms with van der Waals surface area (Å²) in [5.41, 5.74) is 1.68. The number of benzene rings is 2. The number of amides is 2. The number of hydrogen-bond donors (Lipinski definition) is 2. The number of carbonyl (C=O) groups is 3. The van der Waals surface area contributed by atoms with E-state index in [0.29, 0.717) is 58.5 Å². The highest BCUT2D eigenvalue weighted by Crippen LogP contribution is 2.44. The van der Waals surface area contributed by atoms with Crippen molar-refractivity contribution in [3.63, 3.8) is 0 Å². The van der Waals surface area contributed by atoms with E-state index in [0.717, 1.165) is 50.9 Å². The smallest absolute Gasteiger partial charge is 0.337 e. The number of hydrogen-bond acceptors (Lipinski definition) is 9. The van der Waals surface area contributed by atoms with Crippen molar-refractivity contribution in [3.05, 3.63) is 71.4 Å². The van der Waals surface area contributed by atoms with Gasteiger partial charge in [0.1, 0.15) is 17.1 Å². The predicted molar refractivity (Wildman–Crippen MR) is 231 cm³/mol. The molecule has 0 bridgehead atoms. The summed E-state index contributed by atoms with van der Waals surface area (Å²) in [6, 6.07) is 12.8. The molecule has 3 unspecified atom stereocenters. The number of nitrogens with one attached hydrogen (secondary N) is 2. The van der Waals surface area contributed by atoms with Crippen molar-refractivity contribution in [2.75, 3.05) is 61.5 Å². The summed E-state index contributed by atoms with van der Waals surface area (Å²) in [6.07, 6.45) is 4.17. The highest BCUT2D eigenvalue weighted by Gasteiger charge is 2.53. The van der Waals surface area contributed by atoms with Crippen LogP contribution in [-0.2, 0) is 9.53 Å². The van der Waals surface area contributed by atoms with Gasteiger partial charge in [0.15, 0.2) is 11.2 Å². The largest absolute Gasteiger partial charge is 0.496 e. The minimum absolute atomic E-state index is 0.0263. The molecule has 2 aromatic carbocycles. The molecule has 2 N–H and O–H groups in total. The van der Waals surface area contributed by atoms with Crippen molar-refractivity contribution >= 4 is 17.8 Å². The minimum Gasteiger partial charge on any atom is -0.496 e. The van der Waals surface area contributed by atoms with Crippen LogP contribution in [-0.4, -0.2) is 110 Å². The van der Waals surface area contributed by atoms with Crippen LogP contribution >= 0.6 is 0 Å². The van der Waals surface area contributed by atoms with Crippen LogP contribution in [0, 0.1) is 11.8 Å². The first kappa shape index (κ1) is 46.0. The van der Waals surface area contributed by atoms with E-state index >= 15 is 0 Å². The molecule has 12 nitrogen and oxygen atoms in total. The van der Waals surface area contributed by atoms with Gasteiger partial charge in [0.25, 0.3) is 11.8 Å². The lowest BCUT2D eigenvalue weighted by atomic mass is 9.66. The van der Waals surface area contributed by atoms with Crippen LogP contribution in [0.5, 0.6) is 11.5 Å². The van der Waals surface area contributed by atoms with E-state index in [4.69, 9.17) is 19.3 Å². The van der Waals surface area contributed by atoms with Gasteiger partial charge in [-0.25, -0.2) is 9.48 Å². The zero-order valence-corrected chi connectivity index (χ0v) is 37.1. The lowest BCUT2D eigenvalue weighted by Gasteiger charge is -2.46. The number of methoxy groups -OCH3 is 2. The summed E-state index contributed by atoms with van der Waals surface area (Å²) >= 11 is 0. The van der Waals surface area contributed by atoms with Crippen molar-refractivity contribution in [1.29, 1.82) is 0 Å². The van der Waals surface area contributed by atoms with Crippen molar-refractivity contribution < 1.29 is 28.6 Å². The van der Waals surface area contributed by atoms with Crippen LogP contribution in [0.2, 0.25) is 0 Å². The summed E-state index contributed by atoms with van der Waals surface area (Å²) in [6.45, 7) is 21.5. The lowest BCUT2D eigenvalue weighted by molar-refractivity contribution is -0.164. The fourth-order valence-electron chi connectivity index (χ4n) is 7.98. The Labute approximate surface area is 346 Å². The van der Waals surface area contributed by atoms with Crippen molar-refractivity contribution in [1.82, 2.24) is 30.2 Å². The predicted octanol–water partition coefficient (Wildman–Crippen LogP) is 7.51. The van der Waals surface area contributed by atoms with Gasteiger partial charge in [-0.05, 0) is 145 Å². The van der Waals surface area contributed by atoms with Crippen molar-refractivity contribution in [3.8, 4) is 28.4 Å². The number of esters is 1. The van der Waals surface area contributed by atoms with Crippen LogP contribution in [0.1, 0.15) is 113 Å². The Balaban J connectivity index is 1.80. The van der Waals surface area contributed by atoms with Crippen molar-refractivity contribution in [2.24, 2.45) is 11.8 Å². The molecule has 3 aromatic rings. The molecule has 318 valence electrons. The Morgan fingerprint density at radius 1 is 1.02 bits per heavy atom. The highest BCUT2D eigenvalue weighted by atomic mass is 16.6. The molecule has 3 atom stereocenters. The van der Waals surface area contributed by atoms with E-state index in [1.807, 2.05) is 78.2 Å². The average Bonchev–Trinajstić information content (AvgIpc) is 3.62. The molecule has 12 heteroatoms. The van der Waals surface area contributed by atoms with Gasteiger partial charge >= 0.3 is 5.97 Å². The van der Waals surface area contributed by atoms with Gasteiger partial charge in [-0.3, -0.25) is 9.59 Å². The molecule has 0 saturated heterocycles. The van der Waals surface area contributed by atoms with Gasteiger partial charge in [0.2, 0.25) is 0 Å². The minimum atomic E-state index is -1.46. The van der Waals surface area contributed by atoms with Crippen LogP contribution in [0.3, 0.4) is 0 Å². The molecule has 1 fully saturated rings. The fourth-order valence-corrected chi connectivity index (χ4v) is 7.98. The summed E-state index contributed by atoms with van der Waals surface area (Å²) in [4.78, 5) is 46.7. The number of nitrogens with zero attached hydrogens (tertiary/aromatic N) is 4. The van der Waals surface area contributed by atoms with Gasteiger partial charge in [0, 0.05) is 19.2 Å². The fraction of sp³-hybridized carbons (Fsp3) is 0.565. The third-order valence-corrected chi connectivity index (χ3v) is 11.2. The third kappa shape index (κ3) is 10.5. The molecular weight excluding hydrogens is 733 g/mol. The zero-order chi connectivity index (χ0) is 42.9. The van der Waals surface area contributed by atoms with Gasteiger partial charge in [0.05, 0.1) is 31.2 Å². The molecular formula is C46H68N6O6. The first-order valence-corrected chi connectivity index (χ1v) is 20.7. The molecule has 1 saturated carbocycles. The summed E-state index contributed by atoms with van der Waals surface area (Å²) in [5.74, 6) is -0.0874. The molecule has 1 heterocycles. The molecule has 1 aliphatic carbocycles. The molecule has 0 radical (unpaired) electrons. The molecule has 0 aliphatic heterocycles. The quantitative estimate of drug-likeness (QED) is 0.0764. The second-order valence-electron chi connectivity index (χ2n) is 17.1. The maximum Gasteiger partial charge on any atom is 0.337 e. The number of ether oxygens (including phenoxy) is 3. The Bertz CT molecular complexity index is 1890. The maximum absolute atomic E-state index is 14.6. The Hall–Kier alpha value is -4.68. The molecule has 2 amide bonds. The van der Waals surface area contributed by atoms with E-state index in [1.165, 1.54) is 0 Å². The molecule has 58 heavy (non-hydrogen) atoms. The van der Waals surface area contributed by atoms with E-state index in [1.54, 1.807) is 29.9 Å². The van der Waals surface area contributed by atoms with Gasteiger partial charge in [-0.1, -0.05) is 46.8 Å². The van der Waals surface area contributed by atoms with Crippen molar-refractivity contribution in [2.45, 2.75) is 97.6 Å². The molecule has 4 rings (SSSR count). The monoisotopic (exact) mass is 801 g/mol. The maximum atomic E-state index is 14.6. The van der Waals surface area contributed by atoms with E-state index < -0.39 is 23.0 Å². The Kier molecular flexibility index (Phi) is 15.7. The third-order valence-electron chi connectivity index (χ3n) is 11.2. The highest BCUT2D eigenvalue weighted by molar-refractivity contribution is 6.00. The number of rotatable bonds is 18. The van der Waals surface area contributed by atoms with Crippen LogP contribution in [0.15, 0.2) is 54.6 Å². The zero-order valence-electron chi connectivity index (χ0n) is 37.1. The van der Waals surface area contributed by atoms with Crippen LogP contribution in [0.25, 0.3) is 16.9 Å². The Morgan fingerprint density at radius 3 is 2.24 bits per heavy atom. The molecule has 1 aromatic heterocycles. The van der Waals surface area contributed by atoms with Gasteiger partial charge in [-0.2, -0.15) is 5.10 Å². The van der Waals surface area contributed by atoms with Crippen LogP contribution in [0.4, 0.5) is 0 Å². The normalized spacial score (nSPS) is 18.3. The summed E-state index contributed by atoms with van der Waals surface area (Å²) in [7, 11) is 9.06. The number of carbonyl (C=O) groups excluding carboxylic acids is 3. The molecule has 1 aliphatic rings. The molecule has 0 spiro atoms. The van der Waals surface area contributed by atoms with Gasteiger partial charge < -0.3 is 34.6 Å². The summed E-state index contributed by atoms with van der Waals surface area (Å²) < 4.78 is 19.4. The van der Waals surface area contributed by atoms with E-state index in [2.05, 4.69) is 49.9 Å². The number of aromatic nitrogens is 2. The Morgan fingerprint density at radius 2 is 1.67 bits per heavy atom. The summed E-state index contributed by atoms with van der Waals surface area (Å²) in [5, 5.41) is 11.3. The first-order chi connectivity index (χ1) is 27.4. The SMILES string of the molecule is C=C1CC(CC)CC(C)C1(NC(=O)c1cc(-c2c(OC)cccc2OC)n(-c2ccc(C(=O)N(C)CCCN(C)CCCNC)cc2C(C)C)n1)C(=O)OC(C)(C)C.